The van der Waals surface area contributed by atoms with Crippen molar-refractivity contribution >= 4 is 18.2 Å². The second-order valence-corrected chi connectivity index (χ2v) is 2.86. The summed E-state index contributed by atoms with van der Waals surface area (Å²) in [6.45, 7) is 0. The van der Waals surface area contributed by atoms with Gasteiger partial charge in [0.25, 0.3) is 0 Å². The molecule has 5 nitrogen and oxygen atoms in total. The van der Waals surface area contributed by atoms with Gasteiger partial charge in [-0.15, -0.1) is 12.4 Å². The zero-order valence-electron chi connectivity index (χ0n) is 9.24. The fourth-order valence-corrected chi connectivity index (χ4v) is 1.19. The summed E-state index contributed by atoms with van der Waals surface area (Å²) in [5.41, 5.74) is 7.07. The Balaban J connectivity index is 0.000000811. The number of nitrogen functional groups attached to an aromatic ring is 1. The third-order valence-electron chi connectivity index (χ3n) is 1.90. The van der Waals surface area contributed by atoms with Crippen LogP contribution in [0.2, 0.25) is 0 Å². The third-order valence-corrected chi connectivity index (χ3v) is 1.90. The molecule has 0 bridgehead atoms. The number of nitrogens with two attached hydrogens (primary N) is 1. The van der Waals surface area contributed by atoms with Crippen molar-refractivity contribution in [1.29, 1.82) is 5.26 Å². The first kappa shape index (κ1) is 15.0. The first-order valence-electron chi connectivity index (χ1n) is 4.54. The lowest BCUT2D eigenvalue weighted by Crippen LogP contribution is -1.89. The molecule has 0 fully saturated rings. The van der Waals surface area contributed by atoms with E-state index in [2.05, 4.69) is 11.1 Å². The predicted molar refractivity (Wildman–Crippen MR) is 68.1 cm³/mol. The Bertz CT molecular complexity index is 487. The van der Waals surface area contributed by atoms with Crippen LogP contribution in [0.3, 0.4) is 0 Å². The van der Waals surface area contributed by atoms with Crippen molar-refractivity contribution in [3.63, 3.8) is 0 Å². The van der Waals surface area contributed by atoms with Gasteiger partial charge in [-0.1, -0.05) is 0 Å². The zero-order chi connectivity index (χ0) is 12.0. The van der Waals surface area contributed by atoms with Gasteiger partial charge in [0.05, 0.1) is 17.8 Å². The number of aromatic nitrogens is 2. The molecule has 3 N–H and O–H groups in total. The monoisotopic (exact) mass is 252 g/mol. The smallest absolute Gasteiger partial charge is 0.141 e. The Morgan fingerprint density at radius 2 is 1.88 bits per heavy atom. The molecule has 1 aromatic heterocycles. The first-order valence-corrected chi connectivity index (χ1v) is 4.54. The molecule has 0 unspecified atom stereocenters. The van der Waals surface area contributed by atoms with Crippen LogP contribution in [0.25, 0.3) is 5.69 Å². The molecule has 0 atom stereocenters. The number of aliphatic hydroxyl groups excluding tert-OH is 1. The van der Waals surface area contributed by atoms with E-state index in [4.69, 9.17) is 16.1 Å². The van der Waals surface area contributed by atoms with Crippen LogP contribution in [0.15, 0.2) is 36.8 Å². The van der Waals surface area contributed by atoms with Gasteiger partial charge < -0.3 is 15.4 Å². The molecule has 0 saturated carbocycles. The number of anilines is 1. The summed E-state index contributed by atoms with van der Waals surface area (Å²) in [5.74, 6) is 0.481. The molecule has 0 aliphatic carbocycles. The van der Waals surface area contributed by atoms with Crippen LogP contribution >= 0.6 is 12.4 Å². The van der Waals surface area contributed by atoms with Gasteiger partial charge in [0.1, 0.15) is 12.1 Å². The summed E-state index contributed by atoms with van der Waals surface area (Å²) in [6, 6.07) is 9.27. The fourth-order valence-electron chi connectivity index (χ4n) is 1.19. The fraction of sp³-hybridized carbons (Fsp3) is 0.0909. The largest absolute Gasteiger partial charge is 0.400 e. The lowest BCUT2D eigenvalue weighted by Gasteiger charge is -2.00. The van der Waals surface area contributed by atoms with Gasteiger partial charge in [-0.2, -0.15) is 5.26 Å². The van der Waals surface area contributed by atoms with E-state index in [1.807, 2.05) is 12.1 Å². The van der Waals surface area contributed by atoms with E-state index >= 15 is 0 Å². The maximum Gasteiger partial charge on any atom is 0.141 e. The first-order chi connectivity index (χ1) is 7.79. The average molecular weight is 253 g/mol. The Hall–Kier alpha value is -2.03. The number of halogens is 1. The Morgan fingerprint density at radius 1 is 1.29 bits per heavy atom. The van der Waals surface area contributed by atoms with E-state index in [1.54, 1.807) is 29.2 Å². The van der Waals surface area contributed by atoms with Crippen molar-refractivity contribution in [2.45, 2.75) is 0 Å². The van der Waals surface area contributed by atoms with E-state index in [0.717, 1.165) is 12.8 Å². The SMILES string of the molecule is CO.Cl.N#Cc1ccc(-n2cnc(N)c2)cc1. The van der Waals surface area contributed by atoms with E-state index in [9.17, 15) is 0 Å². The molecule has 0 radical (unpaired) electrons. The molecular formula is C11H13ClN4O. The van der Waals surface area contributed by atoms with Crippen molar-refractivity contribution in [1.82, 2.24) is 9.55 Å². The maximum atomic E-state index is 8.61. The van der Waals surface area contributed by atoms with Crippen LogP contribution in [0.4, 0.5) is 5.82 Å². The minimum absolute atomic E-state index is 0. The van der Waals surface area contributed by atoms with Crippen LogP contribution in [0, 0.1) is 11.3 Å². The Morgan fingerprint density at radius 3 is 2.29 bits per heavy atom. The lowest BCUT2D eigenvalue weighted by atomic mass is 10.2. The van der Waals surface area contributed by atoms with E-state index < -0.39 is 0 Å². The number of aliphatic hydroxyl groups is 1. The van der Waals surface area contributed by atoms with Crippen LogP contribution in [-0.4, -0.2) is 21.8 Å². The Kier molecular flexibility index (Phi) is 6.41. The Labute approximate surface area is 106 Å². The minimum atomic E-state index is 0. The van der Waals surface area contributed by atoms with Crippen LogP contribution < -0.4 is 5.73 Å². The third kappa shape index (κ3) is 3.79. The van der Waals surface area contributed by atoms with Gasteiger partial charge in [0.15, 0.2) is 0 Å². The molecule has 1 aromatic carbocycles. The van der Waals surface area contributed by atoms with Gasteiger partial charge in [0.2, 0.25) is 0 Å². The van der Waals surface area contributed by atoms with E-state index in [-0.39, 0.29) is 12.4 Å². The van der Waals surface area contributed by atoms with E-state index in [1.165, 1.54) is 0 Å². The van der Waals surface area contributed by atoms with Gasteiger partial charge >= 0.3 is 0 Å². The number of benzene rings is 1. The molecule has 6 heteroatoms. The summed E-state index contributed by atoms with van der Waals surface area (Å²) in [5, 5.41) is 15.6. The molecule has 17 heavy (non-hydrogen) atoms. The molecule has 0 aliphatic heterocycles. The molecular weight excluding hydrogens is 240 g/mol. The van der Waals surface area contributed by atoms with Crippen LogP contribution in [0.1, 0.15) is 5.56 Å². The molecule has 0 saturated heterocycles. The van der Waals surface area contributed by atoms with E-state index in [0.29, 0.717) is 11.4 Å². The van der Waals surface area contributed by atoms with Gasteiger partial charge in [-0.3, -0.25) is 0 Å². The number of nitrogens with zero attached hydrogens (tertiary/aromatic N) is 3. The van der Waals surface area contributed by atoms with Gasteiger partial charge in [-0.05, 0) is 24.3 Å². The molecule has 0 amide bonds. The van der Waals surface area contributed by atoms with Gasteiger partial charge in [-0.25, -0.2) is 4.98 Å². The minimum Gasteiger partial charge on any atom is -0.400 e. The molecule has 2 rings (SSSR count). The summed E-state index contributed by atoms with van der Waals surface area (Å²) >= 11 is 0. The number of hydrogen-bond donors (Lipinski definition) is 2. The van der Waals surface area contributed by atoms with Crippen molar-refractivity contribution in [2.75, 3.05) is 12.8 Å². The summed E-state index contributed by atoms with van der Waals surface area (Å²) in [6.07, 6.45) is 3.36. The van der Waals surface area contributed by atoms with Crippen molar-refractivity contribution in [3.05, 3.63) is 42.4 Å². The summed E-state index contributed by atoms with van der Waals surface area (Å²) in [7, 11) is 1.00. The zero-order valence-corrected chi connectivity index (χ0v) is 10.1. The highest BCUT2D eigenvalue weighted by Crippen LogP contribution is 2.10. The molecule has 0 spiro atoms. The highest BCUT2D eigenvalue weighted by atomic mass is 35.5. The summed E-state index contributed by atoms with van der Waals surface area (Å²) < 4.78 is 1.80. The second-order valence-electron chi connectivity index (χ2n) is 2.86. The highest BCUT2D eigenvalue weighted by Gasteiger charge is 1.97. The normalized spacial score (nSPS) is 8.29. The van der Waals surface area contributed by atoms with Crippen molar-refractivity contribution in [3.8, 4) is 11.8 Å². The van der Waals surface area contributed by atoms with Gasteiger partial charge in [0, 0.05) is 12.8 Å². The number of imidazole rings is 1. The molecule has 1 heterocycles. The molecule has 2 aromatic rings. The molecule has 0 aliphatic rings. The maximum absolute atomic E-state index is 8.61. The highest BCUT2D eigenvalue weighted by molar-refractivity contribution is 5.85. The number of rotatable bonds is 1. The van der Waals surface area contributed by atoms with Crippen LogP contribution in [0.5, 0.6) is 0 Å². The predicted octanol–water partition coefficient (Wildman–Crippen LogP) is 1.36. The lowest BCUT2D eigenvalue weighted by molar-refractivity contribution is 0.399. The summed E-state index contributed by atoms with van der Waals surface area (Å²) in [4.78, 5) is 3.91. The quantitative estimate of drug-likeness (QED) is 0.802. The standard InChI is InChI=1S/C10H8N4.CH4O.ClH/c11-5-8-1-3-9(4-2-8)14-6-10(12)13-7-14;1-2;/h1-4,6-7H,12H2;2H,1H3;1H. The van der Waals surface area contributed by atoms with Crippen molar-refractivity contribution in [2.24, 2.45) is 0 Å². The average Bonchev–Trinajstić information content (AvgIpc) is 2.79. The second kappa shape index (κ2) is 7.28. The van der Waals surface area contributed by atoms with Crippen molar-refractivity contribution < 1.29 is 5.11 Å². The topological polar surface area (TPSA) is 87.9 Å². The van der Waals surface area contributed by atoms with Crippen LogP contribution in [-0.2, 0) is 0 Å². The molecule has 90 valence electrons. The number of hydrogen-bond acceptors (Lipinski definition) is 4. The number of nitriles is 1.